The van der Waals surface area contributed by atoms with E-state index in [1.54, 1.807) is 0 Å². The average Bonchev–Trinajstić information content (AvgIpc) is 3.00. The van der Waals surface area contributed by atoms with Crippen molar-refractivity contribution in [2.45, 2.75) is 11.3 Å². The highest BCUT2D eigenvalue weighted by Crippen LogP contribution is 2.45. The molecule has 0 bridgehead atoms. The number of benzene rings is 4. The first-order chi connectivity index (χ1) is 22.6. The Morgan fingerprint density at radius 1 is 0.875 bits per heavy atom. The van der Waals surface area contributed by atoms with Gasteiger partial charge in [0.2, 0.25) is 5.91 Å². The van der Waals surface area contributed by atoms with Gasteiger partial charge in [0.25, 0.3) is 0 Å². The van der Waals surface area contributed by atoms with Gasteiger partial charge in [-0.25, -0.2) is 31.2 Å². The summed E-state index contributed by atoms with van der Waals surface area (Å²) in [5, 5.41) is 31.1. The Balaban J connectivity index is 1.50. The van der Waals surface area contributed by atoms with Gasteiger partial charge < -0.3 is 34.9 Å². The minimum atomic E-state index is -5.01. The Labute approximate surface area is 269 Å². The van der Waals surface area contributed by atoms with Gasteiger partial charge in [-0.3, -0.25) is 9.36 Å². The van der Waals surface area contributed by atoms with Gasteiger partial charge in [-0.05, 0) is 36.2 Å². The summed E-state index contributed by atoms with van der Waals surface area (Å²) >= 11 is 0.158. The number of amides is 1. The topological polar surface area (TPSA) is 188 Å². The molecule has 4 aromatic carbocycles. The maximum absolute atomic E-state index is 16.3. The maximum Gasteiger partial charge on any atom is 0.365 e. The summed E-state index contributed by atoms with van der Waals surface area (Å²) in [4.78, 5) is 43.1. The van der Waals surface area contributed by atoms with E-state index < -0.39 is 110 Å². The van der Waals surface area contributed by atoms with Crippen LogP contribution in [0.5, 0.6) is 17.2 Å². The summed E-state index contributed by atoms with van der Waals surface area (Å²) in [6.07, 6.45) is 0.192. The summed E-state index contributed by atoms with van der Waals surface area (Å²) in [5.41, 5.74) is -3.67. The molecule has 5 N–H and O–H groups in total. The van der Waals surface area contributed by atoms with Gasteiger partial charge in [0.05, 0.1) is 33.6 Å². The fraction of sp³-hybridized carbons (Fsp3) is 0.100. The van der Waals surface area contributed by atoms with Crippen molar-refractivity contribution in [2.75, 3.05) is 12.3 Å². The molecule has 250 valence electrons. The minimum absolute atomic E-state index is 0.0233. The predicted molar refractivity (Wildman–Crippen MR) is 158 cm³/mol. The van der Waals surface area contributed by atoms with Crippen LogP contribution in [0, 0.1) is 29.1 Å². The second kappa shape index (κ2) is 13.3. The number of aromatic hydroxyl groups is 2. The van der Waals surface area contributed by atoms with E-state index in [4.69, 9.17) is 9.31 Å². The SMILES string of the molecule is O=C(CSc1c(F)c(F)c(C(=O)O)c(-c2c3cc(F)c(O)cc3[o+]c3cc(O)c(F)cc23)c1F)NCCc1ccc(OP(=O)([O-])O)cc1. The molecule has 5 aromatic rings. The predicted octanol–water partition coefficient (Wildman–Crippen LogP) is 5.63. The van der Waals surface area contributed by atoms with Gasteiger partial charge in [0, 0.05) is 17.7 Å². The first-order valence-electron chi connectivity index (χ1n) is 13.3. The molecule has 0 saturated heterocycles. The largest absolute Gasteiger partial charge is 0.746 e. The van der Waals surface area contributed by atoms with Crippen molar-refractivity contribution < 1.29 is 70.2 Å². The van der Waals surface area contributed by atoms with Crippen LogP contribution >= 0.6 is 19.6 Å². The van der Waals surface area contributed by atoms with Crippen molar-refractivity contribution in [2.24, 2.45) is 0 Å². The third-order valence-corrected chi connectivity index (χ3v) is 8.32. The molecule has 1 atom stereocenters. The molecule has 0 aliphatic heterocycles. The summed E-state index contributed by atoms with van der Waals surface area (Å²) in [6, 6.07) is 7.96. The lowest BCUT2D eigenvalue weighted by Gasteiger charge is -2.16. The van der Waals surface area contributed by atoms with Gasteiger partial charge in [-0.2, -0.15) is 0 Å². The summed E-state index contributed by atoms with van der Waals surface area (Å²) in [5.74, 6) is -14.1. The standard InChI is InChI=1S/C30H19F5NO10PS/c31-16-7-14-20(9-18(16)37)45-21-10-19(38)17(32)8-15(21)23(14)24-25(30(40)41)26(33)28(35)29(27(24)34)48-11-22(39)36-6-5-12-1-3-13(4-2-12)46-47(42,43)44/h1-4,7-10H,5-6,11H2,(H5-,36,37,38,39,40,41,42,43,44). The number of carbonyl (C=O) groups is 2. The van der Waals surface area contributed by atoms with E-state index in [1.807, 2.05) is 0 Å². The monoisotopic (exact) mass is 711 g/mol. The molecule has 0 radical (unpaired) electrons. The van der Waals surface area contributed by atoms with Gasteiger partial charge >= 0.3 is 25.0 Å². The number of phosphoric ester groups is 1. The Hall–Kier alpha value is -4.96. The normalized spacial score (nSPS) is 12.6. The van der Waals surface area contributed by atoms with Crippen LogP contribution in [0.1, 0.15) is 15.9 Å². The van der Waals surface area contributed by atoms with Crippen LogP contribution in [0.2, 0.25) is 0 Å². The van der Waals surface area contributed by atoms with Crippen molar-refractivity contribution in [1.82, 2.24) is 5.32 Å². The van der Waals surface area contributed by atoms with Crippen LogP contribution in [0.3, 0.4) is 0 Å². The first-order valence-corrected chi connectivity index (χ1v) is 15.8. The van der Waals surface area contributed by atoms with E-state index in [2.05, 4.69) is 9.84 Å². The number of fused-ring (bicyclic) bond motifs is 2. The number of carbonyl (C=O) groups excluding carboxylic acids is 1. The number of thioether (sulfide) groups is 1. The lowest BCUT2D eigenvalue weighted by Crippen LogP contribution is -2.27. The van der Waals surface area contributed by atoms with E-state index in [0.717, 1.165) is 0 Å². The fourth-order valence-corrected chi connectivity index (χ4v) is 5.97. The minimum Gasteiger partial charge on any atom is -0.746 e. The number of phosphoric acid groups is 1. The smallest absolute Gasteiger partial charge is 0.365 e. The van der Waals surface area contributed by atoms with Crippen LogP contribution < -0.4 is 14.7 Å². The summed E-state index contributed by atoms with van der Waals surface area (Å²) in [6.45, 7) is -0.0233. The van der Waals surface area contributed by atoms with Gasteiger partial charge in [0.1, 0.15) is 17.1 Å². The lowest BCUT2D eigenvalue weighted by atomic mass is 9.92. The molecule has 1 unspecified atom stereocenters. The van der Waals surface area contributed by atoms with Crippen LogP contribution in [0.4, 0.5) is 22.0 Å². The number of nitrogens with one attached hydrogen (secondary N) is 1. The van der Waals surface area contributed by atoms with Gasteiger partial charge in [-0.15, -0.1) is 11.8 Å². The molecule has 18 heteroatoms. The molecule has 1 aromatic heterocycles. The zero-order valence-corrected chi connectivity index (χ0v) is 25.4. The fourth-order valence-electron chi connectivity index (χ4n) is 4.76. The molecule has 11 nitrogen and oxygen atoms in total. The molecule has 1 heterocycles. The first kappa shape index (κ1) is 34.4. The van der Waals surface area contributed by atoms with Crippen LogP contribution in [0.25, 0.3) is 33.1 Å². The highest BCUT2D eigenvalue weighted by Gasteiger charge is 2.35. The third-order valence-electron chi connectivity index (χ3n) is 6.83. The van der Waals surface area contributed by atoms with Crippen LogP contribution in [-0.4, -0.2) is 44.4 Å². The Morgan fingerprint density at radius 2 is 1.44 bits per heavy atom. The number of phenolic OH excluding ortho intramolecular Hbond substituents is 2. The van der Waals surface area contributed by atoms with Crippen molar-refractivity contribution in [3.63, 3.8) is 0 Å². The molecule has 5 rings (SSSR count). The van der Waals surface area contributed by atoms with Gasteiger partial charge in [-0.1, -0.05) is 12.1 Å². The van der Waals surface area contributed by atoms with E-state index in [0.29, 0.717) is 29.8 Å². The Kier molecular flexibility index (Phi) is 9.51. The second-order valence-corrected chi connectivity index (χ2v) is 12.1. The van der Waals surface area contributed by atoms with Crippen molar-refractivity contribution in [1.29, 1.82) is 0 Å². The summed E-state index contributed by atoms with van der Waals surface area (Å²) < 4.78 is 96.6. The number of aromatic carboxylic acids is 1. The van der Waals surface area contributed by atoms with Crippen molar-refractivity contribution >= 4 is 53.4 Å². The molecule has 0 saturated carbocycles. The zero-order valence-electron chi connectivity index (χ0n) is 23.7. The van der Waals surface area contributed by atoms with Crippen LogP contribution in [0.15, 0.2) is 57.8 Å². The maximum atomic E-state index is 16.3. The molecular formula is C30H19F5NO10PS. The highest BCUT2D eigenvalue weighted by molar-refractivity contribution is 8.00. The number of hydrogen-bond donors (Lipinski definition) is 5. The van der Waals surface area contributed by atoms with Crippen molar-refractivity contribution in [3.05, 3.63) is 88.7 Å². The highest BCUT2D eigenvalue weighted by atomic mass is 32.2. The Morgan fingerprint density at radius 3 is 1.96 bits per heavy atom. The van der Waals surface area contributed by atoms with Crippen molar-refractivity contribution in [3.8, 4) is 28.4 Å². The molecule has 0 aliphatic rings. The van der Waals surface area contributed by atoms with E-state index in [-0.39, 0.29) is 30.5 Å². The third kappa shape index (κ3) is 6.99. The van der Waals surface area contributed by atoms with E-state index in [1.165, 1.54) is 24.3 Å². The van der Waals surface area contributed by atoms with Gasteiger partial charge in [0.15, 0.2) is 34.8 Å². The molecular weight excluding hydrogens is 692 g/mol. The lowest BCUT2D eigenvalue weighted by molar-refractivity contribution is -0.211. The average molecular weight is 712 g/mol. The second-order valence-electron chi connectivity index (χ2n) is 10.00. The molecule has 0 aliphatic carbocycles. The molecule has 48 heavy (non-hydrogen) atoms. The number of rotatable bonds is 10. The molecule has 0 fully saturated rings. The number of carboxylic acids is 1. The molecule has 1 amide bonds. The number of carboxylic acid groups (broad SMARTS) is 1. The summed E-state index contributed by atoms with van der Waals surface area (Å²) in [7, 11) is -5.01. The van der Waals surface area contributed by atoms with E-state index in [9.17, 15) is 43.1 Å². The zero-order chi connectivity index (χ0) is 35.1. The number of halogens is 5. The quantitative estimate of drug-likeness (QED) is 0.0302. The Bertz CT molecular complexity index is 2110. The number of phenols is 2. The number of hydrogen-bond acceptors (Lipinski definition) is 8. The van der Waals surface area contributed by atoms with E-state index >= 15 is 13.2 Å². The molecule has 0 spiro atoms. The van der Waals surface area contributed by atoms with Crippen LogP contribution in [-0.2, 0) is 15.8 Å².